The molecule has 190 valence electrons. The molecule has 0 bridgehead atoms. The first-order valence-electron chi connectivity index (χ1n) is 10.0. The third kappa shape index (κ3) is 5.63. The Bertz CT molecular complexity index is 1180. The third-order valence-electron chi connectivity index (χ3n) is 5.42. The van der Waals surface area contributed by atoms with Crippen molar-refractivity contribution in [2.75, 3.05) is 43.4 Å². The molecule has 35 heavy (non-hydrogen) atoms. The zero-order chi connectivity index (χ0) is 26.1. The van der Waals surface area contributed by atoms with Crippen LogP contribution in [0.4, 0.5) is 37.8 Å². The van der Waals surface area contributed by atoms with E-state index in [1.165, 1.54) is 12.1 Å². The molecule has 0 atom stereocenters. The number of aliphatic hydroxyl groups is 1. The molecule has 1 aliphatic rings. The fraction of sp³-hybridized carbons (Fsp3) is 0.381. The Hall–Kier alpha value is -3.02. The summed E-state index contributed by atoms with van der Waals surface area (Å²) < 4.78 is 103. The van der Waals surface area contributed by atoms with Crippen LogP contribution in [0.2, 0.25) is 0 Å². The summed E-state index contributed by atoms with van der Waals surface area (Å²) in [6.07, 6.45) is -10.8. The van der Waals surface area contributed by atoms with Gasteiger partial charge in [-0.25, -0.2) is 13.4 Å². The van der Waals surface area contributed by atoms with E-state index in [1.54, 1.807) is 4.90 Å². The summed E-state index contributed by atoms with van der Waals surface area (Å²) in [5.41, 5.74) is -0.493. The van der Waals surface area contributed by atoms with Crippen LogP contribution >= 0.6 is 0 Å². The Morgan fingerprint density at radius 1 is 0.943 bits per heavy atom. The van der Waals surface area contributed by atoms with Gasteiger partial charge < -0.3 is 15.7 Å². The van der Waals surface area contributed by atoms with E-state index in [4.69, 9.17) is 5.73 Å². The molecular formula is C21H20F6N4O3S. The molecule has 3 N–H and O–H groups in total. The van der Waals surface area contributed by atoms with E-state index in [-0.39, 0.29) is 17.3 Å². The van der Waals surface area contributed by atoms with Gasteiger partial charge in [-0.05, 0) is 24.3 Å². The minimum atomic E-state index is -5.95. The maximum atomic E-state index is 13.0. The number of nitrogens with two attached hydrogens (primary N) is 1. The van der Waals surface area contributed by atoms with Gasteiger partial charge in [-0.15, -0.1) is 0 Å². The van der Waals surface area contributed by atoms with Gasteiger partial charge in [0.15, 0.2) is 0 Å². The minimum absolute atomic E-state index is 0.0876. The number of hydrogen-bond donors (Lipinski definition) is 2. The second-order valence-corrected chi connectivity index (χ2v) is 9.40. The van der Waals surface area contributed by atoms with Crippen molar-refractivity contribution in [1.29, 1.82) is 0 Å². The van der Waals surface area contributed by atoms with E-state index in [2.05, 4.69) is 16.2 Å². The lowest BCUT2D eigenvalue weighted by Gasteiger charge is -2.36. The highest BCUT2D eigenvalue weighted by atomic mass is 32.2. The van der Waals surface area contributed by atoms with Crippen molar-refractivity contribution in [3.8, 4) is 11.2 Å². The number of alkyl halides is 6. The molecule has 3 rings (SSSR count). The highest BCUT2D eigenvalue weighted by molar-refractivity contribution is 7.96. The second kappa shape index (κ2) is 9.56. The fourth-order valence-electron chi connectivity index (χ4n) is 3.41. The average molecular weight is 522 g/mol. The van der Waals surface area contributed by atoms with Crippen LogP contribution < -0.4 is 10.6 Å². The van der Waals surface area contributed by atoms with E-state index in [0.29, 0.717) is 44.0 Å². The summed E-state index contributed by atoms with van der Waals surface area (Å²) in [7, 11) is -3.87. The smallest absolute Gasteiger partial charge is 0.384 e. The van der Waals surface area contributed by atoms with Crippen molar-refractivity contribution in [2.45, 2.75) is 22.8 Å². The molecule has 2 heterocycles. The molecule has 2 aromatic rings. The zero-order valence-electron chi connectivity index (χ0n) is 17.9. The molecule has 1 saturated heterocycles. The number of anilines is 2. The Labute approximate surface area is 197 Å². The molecule has 1 aliphatic heterocycles. The second-order valence-electron chi connectivity index (χ2n) is 7.72. The van der Waals surface area contributed by atoms with Gasteiger partial charge in [-0.3, -0.25) is 4.90 Å². The van der Waals surface area contributed by atoms with Gasteiger partial charge in [0, 0.05) is 48.9 Å². The molecule has 0 unspecified atom stereocenters. The monoisotopic (exact) mass is 522 g/mol. The highest BCUT2D eigenvalue weighted by Crippen LogP contribution is 2.50. The normalized spacial score (nSPS) is 16.0. The maximum absolute atomic E-state index is 13.0. The lowest BCUT2D eigenvalue weighted by molar-refractivity contribution is -0.376. The van der Waals surface area contributed by atoms with Crippen molar-refractivity contribution >= 4 is 21.3 Å². The predicted molar refractivity (Wildman–Crippen MR) is 115 cm³/mol. The third-order valence-corrected chi connectivity index (χ3v) is 6.70. The van der Waals surface area contributed by atoms with E-state index in [0.717, 1.165) is 18.3 Å². The summed E-state index contributed by atoms with van der Waals surface area (Å²) in [4.78, 5) is 7.21. The summed E-state index contributed by atoms with van der Waals surface area (Å²) in [6, 6.07) is 6.00. The molecule has 14 heteroatoms. The van der Waals surface area contributed by atoms with Gasteiger partial charge in [0.1, 0.15) is 5.82 Å². The van der Waals surface area contributed by atoms with Crippen molar-refractivity contribution in [2.24, 2.45) is 0 Å². The molecule has 1 aromatic heterocycles. The van der Waals surface area contributed by atoms with E-state index in [9.17, 15) is 39.9 Å². The molecule has 0 amide bonds. The molecule has 0 radical (unpaired) electrons. The number of sulfone groups is 1. The van der Waals surface area contributed by atoms with Crippen molar-refractivity contribution < 1.29 is 39.9 Å². The molecular weight excluding hydrogens is 502 g/mol. The number of nitrogen functional groups attached to an aromatic ring is 1. The molecule has 7 nitrogen and oxygen atoms in total. The molecule has 0 saturated carbocycles. The fourth-order valence-corrected chi connectivity index (χ4v) is 4.23. The topological polar surface area (TPSA) is 99.8 Å². The van der Waals surface area contributed by atoms with Crippen LogP contribution in [0.3, 0.4) is 0 Å². The predicted octanol–water partition coefficient (Wildman–Crippen LogP) is 2.53. The Morgan fingerprint density at radius 3 is 2.00 bits per heavy atom. The largest absolute Gasteiger partial charge is 0.430 e. The Kier molecular flexibility index (Phi) is 7.26. The Balaban J connectivity index is 1.62. The van der Waals surface area contributed by atoms with Gasteiger partial charge in [-0.1, -0.05) is 18.1 Å². The summed E-state index contributed by atoms with van der Waals surface area (Å²) in [6.45, 7) is 1.74. The molecule has 0 spiro atoms. The van der Waals surface area contributed by atoms with Crippen LogP contribution in [-0.2, 0) is 15.4 Å². The number of rotatable bonds is 4. The van der Waals surface area contributed by atoms with Gasteiger partial charge >= 0.3 is 12.4 Å². The van der Waals surface area contributed by atoms with Gasteiger partial charge in [-0.2, -0.15) is 26.3 Å². The number of hydrogen-bond acceptors (Lipinski definition) is 7. The number of benzene rings is 1. The summed E-state index contributed by atoms with van der Waals surface area (Å²) in [5.74, 6) is 2.75. The van der Waals surface area contributed by atoms with E-state index < -0.39 is 33.4 Å². The van der Waals surface area contributed by atoms with Crippen molar-refractivity contribution in [3.05, 3.63) is 48.2 Å². The lowest BCUT2D eigenvalue weighted by atomic mass is 9.92. The number of halogens is 6. The molecule has 0 aliphatic carbocycles. The van der Waals surface area contributed by atoms with Crippen molar-refractivity contribution in [3.63, 3.8) is 0 Å². The number of nitrogens with zero attached hydrogens (tertiary/aromatic N) is 3. The summed E-state index contributed by atoms with van der Waals surface area (Å²) >= 11 is 0. The number of piperazine rings is 1. The van der Waals surface area contributed by atoms with Crippen LogP contribution in [0.1, 0.15) is 5.56 Å². The first-order valence-corrected chi connectivity index (χ1v) is 11.5. The van der Waals surface area contributed by atoms with E-state index in [1.807, 2.05) is 4.90 Å². The minimum Gasteiger partial charge on any atom is -0.384 e. The van der Waals surface area contributed by atoms with Gasteiger partial charge in [0.25, 0.3) is 5.60 Å². The average Bonchev–Trinajstić information content (AvgIpc) is 2.78. The van der Waals surface area contributed by atoms with Crippen LogP contribution in [0.15, 0.2) is 47.5 Å². The highest BCUT2D eigenvalue weighted by Gasteiger charge is 2.71. The standard InChI is InChI=1S/C21H20F6N4O3S/c22-20(23,24)19(32,21(25,26)27)15-2-4-16(5-3-15)31-11-9-30(10-12-31)8-1-13-35(33,34)17-6-7-18(28)29-14-17/h2-7,14,32H,8-12H2,(H2,28,29). The first kappa shape index (κ1) is 26.6. The Morgan fingerprint density at radius 2 is 1.51 bits per heavy atom. The van der Waals surface area contributed by atoms with Crippen LogP contribution in [-0.4, -0.2) is 68.5 Å². The van der Waals surface area contributed by atoms with Crippen LogP contribution in [0, 0.1) is 11.2 Å². The van der Waals surface area contributed by atoms with Gasteiger partial charge in [0.2, 0.25) is 9.84 Å². The maximum Gasteiger partial charge on any atom is 0.430 e. The SMILES string of the molecule is Nc1ccc(S(=O)(=O)C#CCN2CCN(c3ccc(C(O)(C(F)(F)F)C(F)(F)F)cc3)CC2)cn1. The number of pyridine rings is 1. The lowest BCUT2D eigenvalue weighted by Crippen LogP contribution is -2.53. The molecule has 1 aromatic carbocycles. The summed E-state index contributed by atoms with van der Waals surface area (Å²) in [5, 5.41) is 11.7. The van der Waals surface area contributed by atoms with Crippen molar-refractivity contribution in [1.82, 2.24) is 9.88 Å². The first-order chi connectivity index (χ1) is 16.1. The zero-order valence-corrected chi connectivity index (χ0v) is 18.8. The van der Waals surface area contributed by atoms with Crippen LogP contribution in [0.25, 0.3) is 0 Å². The van der Waals surface area contributed by atoms with Crippen LogP contribution in [0.5, 0.6) is 0 Å². The number of aromatic nitrogens is 1. The van der Waals surface area contributed by atoms with E-state index >= 15 is 0 Å². The quantitative estimate of drug-likeness (QED) is 0.362. The molecule has 1 fully saturated rings. The van der Waals surface area contributed by atoms with Gasteiger partial charge in [0.05, 0.1) is 11.4 Å².